The Morgan fingerprint density at radius 2 is 2.14 bits per heavy atom. The van der Waals surface area contributed by atoms with Gasteiger partial charge in [0, 0.05) is 6.07 Å². The van der Waals surface area contributed by atoms with E-state index in [0.29, 0.717) is 0 Å². The van der Waals surface area contributed by atoms with Gasteiger partial charge >= 0.3 is 11.7 Å². The summed E-state index contributed by atoms with van der Waals surface area (Å²) in [6, 6.07) is 6.08. The van der Waals surface area contributed by atoms with Crippen molar-refractivity contribution in [2.24, 2.45) is 0 Å². The lowest BCUT2D eigenvalue weighted by molar-refractivity contribution is -0.386. The number of nitro groups is 1. The molecule has 0 fully saturated rings. The minimum atomic E-state index is -0.555. The summed E-state index contributed by atoms with van der Waals surface area (Å²) < 4.78 is 15.1. The van der Waals surface area contributed by atoms with Crippen molar-refractivity contribution in [2.45, 2.75) is 13.5 Å². The van der Waals surface area contributed by atoms with Crippen LogP contribution in [0.15, 0.2) is 34.9 Å². The first-order valence-electron chi connectivity index (χ1n) is 6.05. The maximum atomic E-state index is 11.5. The number of esters is 1. The van der Waals surface area contributed by atoms with Gasteiger partial charge in [0.05, 0.1) is 18.3 Å². The number of nitrogens with zero attached hydrogens (tertiary/aromatic N) is 1. The van der Waals surface area contributed by atoms with E-state index in [1.165, 1.54) is 31.6 Å². The number of furan rings is 1. The third kappa shape index (κ3) is 3.19. The van der Waals surface area contributed by atoms with E-state index < -0.39 is 10.9 Å². The van der Waals surface area contributed by atoms with Gasteiger partial charge < -0.3 is 13.9 Å². The Kier molecular flexibility index (Phi) is 4.22. The molecule has 1 aromatic heterocycles. The number of methoxy groups -OCH3 is 1. The van der Waals surface area contributed by atoms with Gasteiger partial charge in [-0.25, -0.2) is 4.79 Å². The third-order valence-corrected chi connectivity index (χ3v) is 2.82. The lowest BCUT2D eigenvalue weighted by Gasteiger charge is -2.07. The first-order valence-corrected chi connectivity index (χ1v) is 6.05. The summed E-state index contributed by atoms with van der Waals surface area (Å²) in [7, 11) is 1.25. The predicted molar refractivity (Wildman–Crippen MR) is 72.2 cm³/mol. The predicted octanol–water partition coefficient (Wildman–Crippen LogP) is 2.86. The Morgan fingerprint density at radius 1 is 1.38 bits per heavy atom. The summed E-state index contributed by atoms with van der Waals surface area (Å²) in [4.78, 5) is 21.9. The second kappa shape index (κ2) is 6.08. The second-order valence-electron chi connectivity index (χ2n) is 4.27. The maximum Gasteiger partial charge on any atom is 0.341 e. The number of hydrogen-bond donors (Lipinski definition) is 0. The van der Waals surface area contributed by atoms with Gasteiger partial charge in [0.15, 0.2) is 11.5 Å². The number of aryl methyl sites for hydroxylation is 1. The van der Waals surface area contributed by atoms with E-state index in [4.69, 9.17) is 9.15 Å². The fraction of sp³-hybridized carbons (Fsp3) is 0.214. The largest absolute Gasteiger partial charge is 0.479 e. The van der Waals surface area contributed by atoms with E-state index in [-0.39, 0.29) is 29.4 Å². The normalized spacial score (nSPS) is 10.2. The fourth-order valence-corrected chi connectivity index (χ4v) is 1.78. The zero-order valence-corrected chi connectivity index (χ0v) is 11.5. The molecule has 0 saturated carbocycles. The molecular weight excluding hydrogens is 278 g/mol. The van der Waals surface area contributed by atoms with Crippen LogP contribution in [0.2, 0.25) is 0 Å². The summed E-state index contributed by atoms with van der Waals surface area (Å²) in [5.41, 5.74) is 0.843. The molecule has 0 amide bonds. The molecule has 1 aromatic carbocycles. The van der Waals surface area contributed by atoms with E-state index in [1.807, 2.05) is 0 Å². The zero-order chi connectivity index (χ0) is 15.4. The number of nitro benzene ring substituents is 1. The summed E-state index contributed by atoms with van der Waals surface area (Å²) in [5, 5.41) is 11.0. The van der Waals surface area contributed by atoms with Gasteiger partial charge in [-0.1, -0.05) is 6.07 Å². The highest BCUT2D eigenvalue weighted by atomic mass is 16.6. The SMILES string of the molecule is COC(=O)c1ccoc1COc1ccc(C)cc1[N+](=O)[O-]. The number of ether oxygens (including phenoxy) is 2. The first kappa shape index (κ1) is 14.6. The molecule has 0 unspecified atom stereocenters. The smallest absolute Gasteiger partial charge is 0.341 e. The number of rotatable bonds is 5. The molecule has 0 saturated heterocycles. The van der Waals surface area contributed by atoms with E-state index >= 15 is 0 Å². The first-order chi connectivity index (χ1) is 10.0. The zero-order valence-electron chi connectivity index (χ0n) is 11.5. The van der Waals surface area contributed by atoms with Gasteiger partial charge in [0.2, 0.25) is 0 Å². The van der Waals surface area contributed by atoms with Gasteiger partial charge in [0.1, 0.15) is 12.2 Å². The lowest BCUT2D eigenvalue weighted by atomic mass is 10.2. The Bertz CT molecular complexity index is 676. The standard InChI is InChI=1S/C14H13NO6/c1-9-3-4-12(11(7-9)15(17)18)21-8-13-10(5-6-20-13)14(16)19-2/h3-7H,8H2,1-2H3. The van der Waals surface area contributed by atoms with E-state index in [0.717, 1.165) is 5.56 Å². The highest BCUT2D eigenvalue weighted by molar-refractivity contribution is 5.90. The molecule has 0 aliphatic rings. The Hall–Kier alpha value is -2.83. The van der Waals surface area contributed by atoms with Gasteiger partial charge in [-0.3, -0.25) is 10.1 Å². The summed E-state index contributed by atoms with van der Waals surface area (Å²) in [6.07, 6.45) is 1.33. The van der Waals surface area contributed by atoms with Crippen LogP contribution in [0.25, 0.3) is 0 Å². The molecule has 2 rings (SSSR count). The quantitative estimate of drug-likeness (QED) is 0.478. The second-order valence-corrected chi connectivity index (χ2v) is 4.27. The monoisotopic (exact) mass is 291 g/mol. The minimum Gasteiger partial charge on any atom is -0.479 e. The molecule has 0 aliphatic heterocycles. The van der Waals surface area contributed by atoms with Crippen LogP contribution in [0.4, 0.5) is 5.69 Å². The summed E-state index contributed by atoms with van der Waals surface area (Å²) >= 11 is 0. The highest BCUT2D eigenvalue weighted by Crippen LogP contribution is 2.28. The van der Waals surface area contributed by atoms with Gasteiger partial charge in [-0.05, 0) is 24.6 Å². The Labute approximate surface area is 120 Å². The number of benzene rings is 1. The van der Waals surface area contributed by atoms with Crippen LogP contribution in [0.1, 0.15) is 21.7 Å². The molecule has 0 aliphatic carbocycles. The van der Waals surface area contributed by atoms with Crippen LogP contribution in [-0.4, -0.2) is 18.0 Å². The molecular formula is C14H13NO6. The highest BCUT2D eigenvalue weighted by Gasteiger charge is 2.19. The van der Waals surface area contributed by atoms with Crippen LogP contribution in [0, 0.1) is 17.0 Å². The summed E-state index contributed by atoms with van der Waals surface area (Å²) in [6.45, 7) is 1.64. The maximum absolute atomic E-state index is 11.5. The van der Waals surface area contributed by atoms with E-state index in [2.05, 4.69) is 4.74 Å². The molecule has 2 aromatic rings. The number of carbonyl (C=O) groups excluding carboxylic acids is 1. The van der Waals surface area contributed by atoms with Crippen LogP contribution in [0.3, 0.4) is 0 Å². The van der Waals surface area contributed by atoms with Crippen molar-refractivity contribution >= 4 is 11.7 Å². The van der Waals surface area contributed by atoms with Gasteiger partial charge in [0.25, 0.3) is 0 Å². The molecule has 7 heteroatoms. The van der Waals surface area contributed by atoms with Crippen molar-refractivity contribution in [3.05, 3.63) is 57.5 Å². The number of carbonyl (C=O) groups is 1. The molecule has 0 N–H and O–H groups in total. The lowest BCUT2D eigenvalue weighted by Crippen LogP contribution is -2.06. The fourth-order valence-electron chi connectivity index (χ4n) is 1.78. The Balaban J connectivity index is 2.19. The topological polar surface area (TPSA) is 91.8 Å². The van der Waals surface area contributed by atoms with Crippen LogP contribution >= 0.6 is 0 Å². The average molecular weight is 291 g/mol. The van der Waals surface area contributed by atoms with Crippen molar-refractivity contribution in [3.8, 4) is 5.75 Å². The molecule has 110 valence electrons. The molecule has 0 spiro atoms. The van der Waals surface area contributed by atoms with Crippen LogP contribution in [-0.2, 0) is 11.3 Å². The average Bonchev–Trinajstić information content (AvgIpc) is 2.93. The van der Waals surface area contributed by atoms with Crippen molar-refractivity contribution in [2.75, 3.05) is 7.11 Å². The summed E-state index contributed by atoms with van der Waals surface area (Å²) in [5.74, 6) is -0.199. The third-order valence-electron chi connectivity index (χ3n) is 2.82. The van der Waals surface area contributed by atoms with Crippen molar-refractivity contribution < 1.29 is 23.6 Å². The van der Waals surface area contributed by atoms with Crippen LogP contribution in [0.5, 0.6) is 5.75 Å². The van der Waals surface area contributed by atoms with Crippen molar-refractivity contribution in [1.82, 2.24) is 0 Å². The van der Waals surface area contributed by atoms with Gasteiger partial charge in [-0.2, -0.15) is 0 Å². The molecule has 21 heavy (non-hydrogen) atoms. The molecule has 0 atom stereocenters. The molecule has 1 heterocycles. The Morgan fingerprint density at radius 3 is 2.81 bits per heavy atom. The van der Waals surface area contributed by atoms with Crippen LogP contribution < -0.4 is 4.74 Å². The van der Waals surface area contributed by atoms with Gasteiger partial charge in [-0.15, -0.1) is 0 Å². The minimum absolute atomic E-state index is 0.109. The van der Waals surface area contributed by atoms with Crippen molar-refractivity contribution in [3.63, 3.8) is 0 Å². The van der Waals surface area contributed by atoms with Crippen molar-refractivity contribution in [1.29, 1.82) is 0 Å². The van der Waals surface area contributed by atoms with E-state index in [9.17, 15) is 14.9 Å². The molecule has 0 bridgehead atoms. The number of hydrogen-bond acceptors (Lipinski definition) is 6. The molecule has 7 nitrogen and oxygen atoms in total. The molecule has 0 radical (unpaired) electrons. The van der Waals surface area contributed by atoms with E-state index in [1.54, 1.807) is 13.0 Å².